The molecule has 3 fully saturated rings. The van der Waals surface area contributed by atoms with Crippen LogP contribution in [-0.4, -0.2) is 59.5 Å². The Morgan fingerprint density at radius 1 is 0.946 bits per heavy atom. The Hall–Kier alpha value is -2.42. The van der Waals surface area contributed by atoms with Gasteiger partial charge in [-0.05, 0) is 56.9 Å². The normalized spacial score (nSPS) is 39.5. The third-order valence-electron chi connectivity index (χ3n) is 8.40. The van der Waals surface area contributed by atoms with E-state index < -0.39 is 65.4 Å². The second-order valence-electron chi connectivity index (χ2n) is 11.6. The Kier molecular flexibility index (Phi) is 8.47. The molecule has 1 aliphatic carbocycles. The molecule has 9 atom stereocenters. The van der Waals surface area contributed by atoms with E-state index in [1.165, 1.54) is 27.7 Å². The van der Waals surface area contributed by atoms with Crippen LogP contribution in [0.4, 0.5) is 0 Å². The first-order valence-electron chi connectivity index (χ1n) is 13.2. The van der Waals surface area contributed by atoms with Gasteiger partial charge in [0.2, 0.25) is 0 Å². The van der Waals surface area contributed by atoms with Gasteiger partial charge in [0.25, 0.3) is 0 Å². The number of carbonyl (C=O) groups is 4. The molecule has 0 radical (unpaired) electrons. The van der Waals surface area contributed by atoms with Gasteiger partial charge in [0, 0.05) is 39.5 Å². The number of hydrogen-bond donors (Lipinski definition) is 0. The topological polar surface area (TPSA) is 114 Å². The smallest absolute Gasteiger partial charge is 0.303 e. The lowest BCUT2D eigenvalue weighted by molar-refractivity contribution is -0.216. The quantitative estimate of drug-likeness (QED) is 0.301. The number of rotatable bonds is 5. The standard InChI is InChI=1S/C28H42O9/c1-14(2)20-13-23(34-17(5)30)28(9,37-19(7)32)25-22-12-15(3)21(33-16(4)29)10-11-27(8,36-18(6)31)26(35-22)24(20)25/h14,20-26H,3,10-13H2,1-2,4-9H3/t20-,21+,22?,23+,24-,25-,26?,27-,28+/m1/s1. The summed E-state index contributed by atoms with van der Waals surface area (Å²) in [4.78, 5) is 48.7. The van der Waals surface area contributed by atoms with Gasteiger partial charge in [-0.15, -0.1) is 0 Å². The molecular formula is C28H42O9. The highest BCUT2D eigenvalue weighted by molar-refractivity contribution is 5.68. The van der Waals surface area contributed by atoms with Crippen molar-refractivity contribution in [1.29, 1.82) is 0 Å². The molecule has 3 rings (SSSR count). The number of fused-ring (bicyclic) bond motifs is 5. The van der Waals surface area contributed by atoms with E-state index in [1.54, 1.807) is 6.92 Å². The van der Waals surface area contributed by atoms with E-state index in [0.29, 0.717) is 31.3 Å². The molecule has 0 amide bonds. The van der Waals surface area contributed by atoms with Gasteiger partial charge in [-0.3, -0.25) is 19.2 Å². The van der Waals surface area contributed by atoms with Crippen molar-refractivity contribution in [1.82, 2.24) is 0 Å². The monoisotopic (exact) mass is 522 g/mol. The van der Waals surface area contributed by atoms with Crippen molar-refractivity contribution >= 4 is 23.9 Å². The molecule has 208 valence electrons. The van der Waals surface area contributed by atoms with Crippen LogP contribution in [0.5, 0.6) is 0 Å². The highest BCUT2D eigenvalue weighted by Gasteiger charge is 2.67. The fraction of sp³-hybridized carbons (Fsp3) is 0.786. The van der Waals surface area contributed by atoms with Gasteiger partial charge in [-0.25, -0.2) is 0 Å². The van der Waals surface area contributed by atoms with E-state index in [1.807, 2.05) is 6.92 Å². The fourth-order valence-electron chi connectivity index (χ4n) is 7.08. The van der Waals surface area contributed by atoms with Crippen LogP contribution >= 0.6 is 0 Å². The highest BCUT2D eigenvalue weighted by Crippen LogP contribution is 2.59. The Morgan fingerprint density at radius 3 is 2.05 bits per heavy atom. The van der Waals surface area contributed by atoms with Crippen molar-refractivity contribution < 1.29 is 42.9 Å². The molecule has 2 heterocycles. The van der Waals surface area contributed by atoms with Crippen LogP contribution in [0.3, 0.4) is 0 Å². The van der Waals surface area contributed by atoms with Crippen molar-refractivity contribution in [2.24, 2.45) is 23.7 Å². The van der Waals surface area contributed by atoms with Crippen molar-refractivity contribution in [3.63, 3.8) is 0 Å². The molecule has 37 heavy (non-hydrogen) atoms. The number of hydrogen-bond acceptors (Lipinski definition) is 9. The minimum absolute atomic E-state index is 0.0276. The Balaban J connectivity index is 2.20. The summed E-state index contributed by atoms with van der Waals surface area (Å²) in [6.07, 6.45) is -0.659. The van der Waals surface area contributed by atoms with E-state index in [-0.39, 0.29) is 17.8 Å². The molecular weight excluding hydrogens is 480 g/mol. The SMILES string of the molecule is C=C1CC2OC([C@@H]3[C@@H](C(C)C)C[C@H](OC(C)=O)[C@](C)(OC(C)=O)[C@H]23)[C@](C)(OC(C)=O)CC[C@@H]1OC(C)=O. The zero-order valence-electron chi connectivity index (χ0n) is 23.3. The van der Waals surface area contributed by atoms with Crippen LogP contribution in [0, 0.1) is 23.7 Å². The summed E-state index contributed by atoms with van der Waals surface area (Å²) in [6, 6.07) is 0. The summed E-state index contributed by atoms with van der Waals surface area (Å²) >= 11 is 0. The lowest BCUT2D eigenvalue weighted by Crippen LogP contribution is -2.63. The molecule has 0 N–H and O–H groups in total. The van der Waals surface area contributed by atoms with E-state index in [9.17, 15) is 19.2 Å². The number of ether oxygens (including phenoxy) is 5. The maximum absolute atomic E-state index is 12.4. The summed E-state index contributed by atoms with van der Waals surface area (Å²) in [5.74, 6) is -2.17. The molecule has 3 aliphatic rings. The Morgan fingerprint density at radius 2 is 1.54 bits per heavy atom. The maximum atomic E-state index is 12.4. The molecule has 2 aliphatic heterocycles. The molecule has 9 nitrogen and oxygen atoms in total. The third-order valence-corrected chi connectivity index (χ3v) is 8.40. The van der Waals surface area contributed by atoms with Crippen molar-refractivity contribution in [3.05, 3.63) is 12.2 Å². The molecule has 0 aromatic rings. The third kappa shape index (κ3) is 5.86. The van der Waals surface area contributed by atoms with Crippen LogP contribution in [0.2, 0.25) is 0 Å². The summed E-state index contributed by atoms with van der Waals surface area (Å²) in [5, 5.41) is 0. The highest BCUT2D eigenvalue weighted by atomic mass is 16.6. The number of esters is 4. The average Bonchev–Trinajstić information content (AvgIpc) is 3.13. The maximum Gasteiger partial charge on any atom is 0.303 e. The zero-order chi connectivity index (χ0) is 27.9. The second-order valence-corrected chi connectivity index (χ2v) is 11.6. The minimum Gasteiger partial charge on any atom is -0.458 e. The molecule has 0 aromatic heterocycles. The predicted octanol–water partition coefficient (Wildman–Crippen LogP) is 3.91. The lowest BCUT2D eigenvalue weighted by Gasteiger charge is -2.53. The van der Waals surface area contributed by atoms with Gasteiger partial charge in [0.05, 0.1) is 6.10 Å². The van der Waals surface area contributed by atoms with Crippen LogP contribution in [0.1, 0.15) is 81.1 Å². The van der Waals surface area contributed by atoms with Gasteiger partial charge < -0.3 is 23.7 Å². The second kappa shape index (κ2) is 10.8. The van der Waals surface area contributed by atoms with Gasteiger partial charge in [0.1, 0.15) is 23.9 Å². The van der Waals surface area contributed by atoms with Crippen molar-refractivity contribution in [2.75, 3.05) is 0 Å². The molecule has 9 heteroatoms. The van der Waals surface area contributed by atoms with E-state index in [0.717, 1.165) is 0 Å². The zero-order valence-corrected chi connectivity index (χ0v) is 23.3. The van der Waals surface area contributed by atoms with Crippen LogP contribution in [-0.2, 0) is 42.9 Å². The molecule has 2 saturated heterocycles. The Bertz CT molecular complexity index is 942. The lowest BCUT2D eigenvalue weighted by atomic mass is 9.56. The molecule has 2 unspecified atom stereocenters. The van der Waals surface area contributed by atoms with Gasteiger partial charge in [-0.2, -0.15) is 0 Å². The molecule has 1 saturated carbocycles. The average molecular weight is 523 g/mol. The van der Waals surface area contributed by atoms with Gasteiger partial charge in [-0.1, -0.05) is 20.4 Å². The molecule has 2 bridgehead atoms. The van der Waals surface area contributed by atoms with Crippen LogP contribution < -0.4 is 0 Å². The molecule has 0 spiro atoms. The van der Waals surface area contributed by atoms with E-state index in [2.05, 4.69) is 20.4 Å². The molecule has 0 aromatic carbocycles. The largest absolute Gasteiger partial charge is 0.458 e. The summed E-state index contributed by atoms with van der Waals surface area (Å²) in [5.41, 5.74) is -1.56. The summed E-state index contributed by atoms with van der Waals surface area (Å²) < 4.78 is 30.2. The minimum atomic E-state index is -1.19. The van der Waals surface area contributed by atoms with Gasteiger partial charge in [0.15, 0.2) is 5.60 Å². The van der Waals surface area contributed by atoms with Gasteiger partial charge >= 0.3 is 23.9 Å². The van der Waals surface area contributed by atoms with Crippen molar-refractivity contribution in [2.45, 2.75) is 117 Å². The fourth-order valence-corrected chi connectivity index (χ4v) is 7.08. The first-order valence-corrected chi connectivity index (χ1v) is 13.2. The van der Waals surface area contributed by atoms with Crippen LogP contribution in [0.25, 0.3) is 0 Å². The summed E-state index contributed by atoms with van der Waals surface area (Å²) in [7, 11) is 0. The predicted molar refractivity (Wildman–Crippen MR) is 133 cm³/mol. The van der Waals surface area contributed by atoms with E-state index in [4.69, 9.17) is 23.7 Å². The summed E-state index contributed by atoms with van der Waals surface area (Å²) in [6.45, 7) is 17.5. The van der Waals surface area contributed by atoms with E-state index >= 15 is 0 Å². The van der Waals surface area contributed by atoms with Crippen LogP contribution in [0.15, 0.2) is 12.2 Å². The first-order chi connectivity index (χ1) is 17.1. The Labute approximate surface area is 219 Å². The number of carbonyl (C=O) groups excluding carboxylic acids is 4. The first kappa shape index (κ1) is 29.1. The van der Waals surface area contributed by atoms with Crippen molar-refractivity contribution in [3.8, 4) is 0 Å².